The molecule has 0 spiro atoms. The molecule has 1 aromatic carbocycles. The molecule has 0 saturated carbocycles. The van der Waals surface area contributed by atoms with Crippen molar-refractivity contribution in [3.8, 4) is 0 Å². The van der Waals surface area contributed by atoms with E-state index in [0.717, 1.165) is 18.8 Å². The largest absolute Gasteiger partial charge is 0.316 e. The molecular weight excluding hydrogens is 250 g/mol. The first-order chi connectivity index (χ1) is 8.88. The fraction of sp³-hybridized carbons (Fsp3) is 0.647. The molecule has 0 radical (unpaired) electrons. The normalized spacial score (nSPS) is 12.1. The predicted octanol–water partition coefficient (Wildman–Crippen LogP) is 4.93. The lowest BCUT2D eigenvalue weighted by Crippen LogP contribution is -2.22. The highest BCUT2D eigenvalue weighted by Gasteiger charge is 2.08. The Balaban J connectivity index is 2.16. The second-order valence-electron chi connectivity index (χ2n) is 6.63. The zero-order valence-corrected chi connectivity index (χ0v) is 13.9. The van der Waals surface area contributed by atoms with E-state index in [9.17, 15) is 0 Å². The lowest BCUT2D eigenvalue weighted by atomic mass is 9.92. The number of benzene rings is 1. The number of rotatable bonds is 7. The minimum Gasteiger partial charge on any atom is -0.316 e. The first-order valence-corrected chi connectivity index (χ1v) is 8.30. The van der Waals surface area contributed by atoms with Gasteiger partial charge in [-0.05, 0) is 42.0 Å². The van der Waals surface area contributed by atoms with Crippen molar-refractivity contribution in [3.05, 3.63) is 29.8 Å². The van der Waals surface area contributed by atoms with Crippen molar-refractivity contribution in [2.45, 2.75) is 51.9 Å². The summed E-state index contributed by atoms with van der Waals surface area (Å²) in [5, 5.41) is 3.52. The quantitative estimate of drug-likeness (QED) is 0.561. The molecule has 0 bridgehead atoms. The van der Waals surface area contributed by atoms with Crippen LogP contribution in [0.2, 0.25) is 0 Å². The van der Waals surface area contributed by atoms with Crippen molar-refractivity contribution < 1.29 is 0 Å². The van der Waals surface area contributed by atoms with E-state index in [1.807, 2.05) is 11.8 Å². The van der Waals surface area contributed by atoms with E-state index >= 15 is 0 Å². The van der Waals surface area contributed by atoms with Gasteiger partial charge < -0.3 is 5.32 Å². The second-order valence-corrected chi connectivity index (χ2v) is 7.80. The summed E-state index contributed by atoms with van der Waals surface area (Å²) < 4.78 is 0. The van der Waals surface area contributed by atoms with Crippen molar-refractivity contribution in [3.63, 3.8) is 0 Å². The van der Waals surface area contributed by atoms with Crippen molar-refractivity contribution in [2.24, 2.45) is 5.41 Å². The number of hydrogen-bond acceptors (Lipinski definition) is 2. The van der Waals surface area contributed by atoms with E-state index in [1.54, 1.807) is 0 Å². The van der Waals surface area contributed by atoms with Crippen LogP contribution in [0.15, 0.2) is 29.2 Å². The molecular formula is C17H29NS. The second kappa shape index (κ2) is 7.96. The first-order valence-electron chi connectivity index (χ1n) is 7.32. The van der Waals surface area contributed by atoms with Crippen LogP contribution in [0.3, 0.4) is 0 Å². The van der Waals surface area contributed by atoms with E-state index in [1.165, 1.54) is 16.9 Å². The number of thioether (sulfide) groups is 1. The monoisotopic (exact) mass is 279 g/mol. The summed E-state index contributed by atoms with van der Waals surface area (Å²) in [6.07, 6.45) is 1.24. The molecule has 0 saturated heterocycles. The van der Waals surface area contributed by atoms with Crippen LogP contribution in [0, 0.1) is 5.41 Å². The van der Waals surface area contributed by atoms with Gasteiger partial charge in [0.25, 0.3) is 0 Å². The Hall–Kier alpha value is -0.470. The maximum Gasteiger partial charge on any atom is 0.0106 e. The van der Waals surface area contributed by atoms with Crippen molar-refractivity contribution in [1.82, 2.24) is 5.32 Å². The Labute approximate surface area is 123 Å². The van der Waals surface area contributed by atoms with Gasteiger partial charge in [-0.2, -0.15) is 0 Å². The van der Waals surface area contributed by atoms with E-state index in [0.29, 0.717) is 11.3 Å². The standard InChI is InChI=1S/C17H29NS/c1-14(2)15-6-8-16(9-7-15)19-13-12-18-11-10-17(3,4)5/h6-9,14,18H,10-13H2,1-5H3. The molecule has 19 heavy (non-hydrogen) atoms. The molecule has 1 N–H and O–H groups in total. The van der Waals surface area contributed by atoms with Crippen LogP contribution in [0.25, 0.3) is 0 Å². The van der Waals surface area contributed by atoms with Gasteiger partial charge in [-0.1, -0.05) is 46.8 Å². The van der Waals surface area contributed by atoms with Crippen LogP contribution in [-0.4, -0.2) is 18.8 Å². The van der Waals surface area contributed by atoms with Crippen LogP contribution >= 0.6 is 11.8 Å². The topological polar surface area (TPSA) is 12.0 Å². The van der Waals surface area contributed by atoms with Gasteiger partial charge in [0.15, 0.2) is 0 Å². The fourth-order valence-corrected chi connectivity index (χ4v) is 2.59. The molecule has 0 unspecified atom stereocenters. The molecule has 0 aromatic heterocycles. The first kappa shape index (κ1) is 16.6. The SMILES string of the molecule is CC(C)c1ccc(SCCNCCC(C)(C)C)cc1. The maximum absolute atomic E-state index is 3.52. The molecule has 1 nitrogen and oxygen atoms in total. The number of nitrogens with one attached hydrogen (secondary N) is 1. The van der Waals surface area contributed by atoms with Gasteiger partial charge in [0.2, 0.25) is 0 Å². The van der Waals surface area contributed by atoms with E-state index in [2.05, 4.69) is 64.2 Å². The van der Waals surface area contributed by atoms with Gasteiger partial charge in [0.1, 0.15) is 0 Å². The molecule has 108 valence electrons. The summed E-state index contributed by atoms with van der Waals surface area (Å²) in [4.78, 5) is 1.38. The van der Waals surface area contributed by atoms with Gasteiger partial charge in [-0.25, -0.2) is 0 Å². The van der Waals surface area contributed by atoms with Gasteiger partial charge in [-0.15, -0.1) is 11.8 Å². The van der Waals surface area contributed by atoms with Crippen LogP contribution < -0.4 is 5.32 Å². The number of hydrogen-bond donors (Lipinski definition) is 1. The molecule has 0 heterocycles. The average molecular weight is 279 g/mol. The van der Waals surface area contributed by atoms with Crippen LogP contribution in [0.5, 0.6) is 0 Å². The van der Waals surface area contributed by atoms with Crippen molar-refractivity contribution in [2.75, 3.05) is 18.8 Å². The molecule has 1 rings (SSSR count). The highest BCUT2D eigenvalue weighted by molar-refractivity contribution is 7.99. The van der Waals surface area contributed by atoms with Crippen LogP contribution in [-0.2, 0) is 0 Å². The molecule has 0 atom stereocenters. The average Bonchev–Trinajstić information content (AvgIpc) is 2.33. The third-order valence-corrected chi connectivity index (χ3v) is 4.16. The summed E-state index contributed by atoms with van der Waals surface area (Å²) in [7, 11) is 0. The summed E-state index contributed by atoms with van der Waals surface area (Å²) in [6.45, 7) is 13.6. The molecule has 0 aliphatic heterocycles. The summed E-state index contributed by atoms with van der Waals surface area (Å²) >= 11 is 1.94. The Bertz CT molecular complexity index is 349. The highest BCUT2D eigenvalue weighted by atomic mass is 32.2. The third-order valence-electron chi connectivity index (χ3n) is 3.15. The zero-order valence-electron chi connectivity index (χ0n) is 13.1. The molecule has 0 amide bonds. The Morgan fingerprint density at radius 1 is 1.05 bits per heavy atom. The van der Waals surface area contributed by atoms with Crippen molar-refractivity contribution >= 4 is 11.8 Å². The Morgan fingerprint density at radius 2 is 1.68 bits per heavy atom. The minimum atomic E-state index is 0.437. The van der Waals surface area contributed by atoms with Crippen LogP contribution in [0.4, 0.5) is 0 Å². The summed E-state index contributed by atoms with van der Waals surface area (Å²) in [5.41, 5.74) is 1.86. The molecule has 0 aliphatic rings. The highest BCUT2D eigenvalue weighted by Crippen LogP contribution is 2.21. The third kappa shape index (κ3) is 7.64. The van der Waals surface area contributed by atoms with E-state index < -0.39 is 0 Å². The van der Waals surface area contributed by atoms with Gasteiger partial charge in [0.05, 0.1) is 0 Å². The Kier molecular flexibility index (Phi) is 6.95. The zero-order chi connectivity index (χ0) is 14.3. The van der Waals surface area contributed by atoms with Crippen molar-refractivity contribution in [1.29, 1.82) is 0 Å². The Morgan fingerprint density at radius 3 is 2.21 bits per heavy atom. The van der Waals surface area contributed by atoms with E-state index in [4.69, 9.17) is 0 Å². The smallest absolute Gasteiger partial charge is 0.0106 e. The predicted molar refractivity (Wildman–Crippen MR) is 88.2 cm³/mol. The lowest BCUT2D eigenvalue weighted by molar-refractivity contribution is 0.369. The molecule has 1 aromatic rings. The maximum atomic E-state index is 3.52. The lowest BCUT2D eigenvalue weighted by Gasteiger charge is -2.17. The van der Waals surface area contributed by atoms with Gasteiger partial charge in [0, 0.05) is 17.2 Å². The molecule has 0 aliphatic carbocycles. The van der Waals surface area contributed by atoms with Crippen LogP contribution in [0.1, 0.15) is 52.5 Å². The summed E-state index contributed by atoms with van der Waals surface area (Å²) in [5.74, 6) is 1.77. The van der Waals surface area contributed by atoms with Gasteiger partial charge >= 0.3 is 0 Å². The van der Waals surface area contributed by atoms with Gasteiger partial charge in [-0.3, -0.25) is 0 Å². The fourth-order valence-electron chi connectivity index (χ4n) is 1.78. The molecule has 2 heteroatoms. The summed E-state index contributed by atoms with van der Waals surface area (Å²) in [6, 6.07) is 8.99. The minimum absolute atomic E-state index is 0.437. The van der Waals surface area contributed by atoms with E-state index in [-0.39, 0.29) is 0 Å². The molecule has 0 fully saturated rings.